The Morgan fingerprint density at radius 2 is 1.88 bits per heavy atom. The lowest BCUT2D eigenvalue weighted by molar-refractivity contribution is 0.0953. The Hall–Kier alpha value is -0.830. The first kappa shape index (κ1) is 21.2. The van der Waals surface area contributed by atoms with Gasteiger partial charge in [0.2, 0.25) is 0 Å². The van der Waals surface area contributed by atoms with E-state index in [2.05, 4.69) is 43.4 Å². The summed E-state index contributed by atoms with van der Waals surface area (Å²) in [7, 11) is 0. The molecule has 0 radical (unpaired) electrons. The Morgan fingerprint density at radius 3 is 2.50 bits per heavy atom. The summed E-state index contributed by atoms with van der Waals surface area (Å²) in [4.78, 5) is 18.9. The maximum absolute atomic E-state index is 12.0. The number of nitrogens with one attached hydrogen (secondary N) is 2. The molecule has 7 heteroatoms. The summed E-state index contributed by atoms with van der Waals surface area (Å²) in [5.41, 5.74) is 0.683. The van der Waals surface area contributed by atoms with Gasteiger partial charge in [-0.3, -0.25) is 9.79 Å². The van der Waals surface area contributed by atoms with Crippen molar-refractivity contribution < 1.29 is 4.79 Å². The second kappa shape index (κ2) is 11.7. The summed E-state index contributed by atoms with van der Waals surface area (Å²) in [6, 6.07) is 7.37. The SMILES string of the molecule is CCNC(=NCCCNC(=O)c1ccc(Br)cc1)N1CCCC1.I. The third-order valence-electron chi connectivity index (χ3n) is 3.73. The van der Waals surface area contributed by atoms with Crippen LogP contribution in [0, 0.1) is 0 Å². The molecule has 0 bridgehead atoms. The highest BCUT2D eigenvalue weighted by molar-refractivity contribution is 14.0. The van der Waals surface area contributed by atoms with E-state index >= 15 is 0 Å². The third-order valence-corrected chi connectivity index (χ3v) is 4.26. The highest BCUT2D eigenvalue weighted by Crippen LogP contribution is 2.10. The third kappa shape index (κ3) is 6.96. The number of nitrogens with zero attached hydrogens (tertiary/aromatic N) is 2. The van der Waals surface area contributed by atoms with E-state index in [0.717, 1.165) is 43.0 Å². The van der Waals surface area contributed by atoms with Crippen LogP contribution in [0.15, 0.2) is 33.7 Å². The van der Waals surface area contributed by atoms with Crippen molar-refractivity contribution >= 4 is 51.8 Å². The minimum atomic E-state index is -0.0343. The molecule has 5 nitrogen and oxygen atoms in total. The second-order valence-corrected chi connectivity index (χ2v) is 6.46. The number of guanidine groups is 1. The van der Waals surface area contributed by atoms with Gasteiger partial charge in [0, 0.05) is 42.8 Å². The average molecular weight is 509 g/mol. The van der Waals surface area contributed by atoms with E-state index in [0.29, 0.717) is 12.1 Å². The first-order valence-electron chi connectivity index (χ1n) is 8.27. The van der Waals surface area contributed by atoms with Crippen molar-refractivity contribution in [3.63, 3.8) is 0 Å². The van der Waals surface area contributed by atoms with E-state index in [1.807, 2.05) is 24.3 Å². The van der Waals surface area contributed by atoms with Gasteiger partial charge < -0.3 is 15.5 Å². The number of benzene rings is 1. The molecular weight excluding hydrogens is 483 g/mol. The number of halogens is 2. The van der Waals surface area contributed by atoms with Crippen molar-refractivity contribution in [1.82, 2.24) is 15.5 Å². The summed E-state index contributed by atoms with van der Waals surface area (Å²) in [6.07, 6.45) is 3.33. The molecule has 1 saturated heterocycles. The highest BCUT2D eigenvalue weighted by atomic mass is 127. The molecule has 0 aromatic heterocycles. The van der Waals surface area contributed by atoms with Gasteiger partial charge in [-0.2, -0.15) is 0 Å². The van der Waals surface area contributed by atoms with Gasteiger partial charge in [-0.05, 0) is 50.5 Å². The molecule has 0 spiro atoms. The van der Waals surface area contributed by atoms with Crippen LogP contribution >= 0.6 is 39.9 Å². The molecule has 134 valence electrons. The van der Waals surface area contributed by atoms with Gasteiger partial charge in [0.15, 0.2) is 5.96 Å². The number of hydrogen-bond donors (Lipinski definition) is 2. The topological polar surface area (TPSA) is 56.7 Å². The van der Waals surface area contributed by atoms with Crippen molar-refractivity contribution in [3.05, 3.63) is 34.3 Å². The minimum Gasteiger partial charge on any atom is -0.357 e. The zero-order chi connectivity index (χ0) is 16.5. The molecule has 2 N–H and O–H groups in total. The summed E-state index contributed by atoms with van der Waals surface area (Å²) in [5.74, 6) is 0.970. The molecular formula is C17H26BrIN4O. The van der Waals surface area contributed by atoms with Crippen LogP contribution in [0.1, 0.15) is 36.5 Å². The van der Waals surface area contributed by atoms with Crippen LogP contribution in [0.2, 0.25) is 0 Å². The molecule has 1 amide bonds. The average Bonchev–Trinajstić information content (AvgIpc) is 3.08. The molecule has 1 aliphatic heterocycles. The van der Waals surface area contributed by atoms with E-state index in [1.54, 1.807) is 0 Å². The molecule has 1 aromatic carbocycles. The van der Waals surface area contributed by atoms with Crippen molar-refractivity contribution in [1.29, 1.82) is 0 Å². The number of carbonyl (C=O) groups excluding carboxylic acids is 1. The normalized spacial score (nSPS) is 14.2. The molecule has 2 rings (SSSR count). The van der Waals surface area contributed by atoms with Crippen LogP contribution in [0.5, 0.6) is 0 Å². The fourth-order valence-corrected chi connectivity index (χ4v) is 2.79. The molecule has 0 unspecified atom stereocenters. The van der Waals surface area contributed by atoms with Crippen molar-refractivity contribution in [3.8, 4) is 0 Å². The van der Waals surface area contributed by atoms with E-state index in [9.17, 15) is 4.79 Å². The number of amides is 1. The summed E-state index contributed by atoms with van der Waals surface area (Å²) in [5, 5.41) is 6.28. The first-order chi connectivity index (χ1) is 11.2. The fraction of sp³-hybridized carbons (Fsp3) is 0.529. The zero-order valence-electron chi connectivity index (χ0n) is 14.1. The van der Waals surface area contributed by atoms with E-state index in [-0.39, 0.29) is 29.9 Å². The predicted octanol–water partition coefficient (Wildman–Crippen LogP) is 3.25. The van der Waals surface area contributed by atoms with Crippen LogP contribution < -0.4 is 10.6 Å². The molecule has 1 fully saturated rings. The number of likely N-dealkylation sites (tertiary alicyclic amines) is 1. The van der Waals surface area contributed by atoms with Gasteiger partial charge in [0.05, 0.1) is 0 Å². The van der Waals surface area contributed by atoms with Gasteiger partial charge in [-0.1, -0.05) is 15.9 Å². The number of carbonyl (C=O) groups is 1. The Balaban J connectivity index is 0.00000288. The fourth-order valence-electron chi connectivity index (χ4n) is 2.52. The van der Waals surface area contributed by atoms with Crippen LogP contribution in [0.25, 0.3) is 0 Å². The Labute approximate surface area is 169 Å². The quantitative estimate of drug-likeness (QED) is 0.268. The van der Waals surface area contributed by atoms with Crippen LogP contribution in [0.3, 0.4) is 0 Å². The highest BCUT2D eigenvalue weighted by Gasteiger charge is 2.15. The molecule has 1 aliphatic rings. The second-order valence-electron chi connectivity index (χ2n) is 5.55. The monoisotopic (exact) mass is 508 g/mol. The number of aliphatic imine (C=N–C) groups is 1. The van der Waals surface area contributed by atoms with Gasteiger partial charge in [-0.15, -0.1) is 24.0 Å². The Morgan fingerprint density at radius 1 is 1.21 bits per heavy atom. The number of rotatable bonds is 6. The molecule has 0 saturated carbocycles. The van der Waals surface area contributed by atoms with Crippen LogP contribution in [-0.2, 0) is 0 Å². The molecule has 24 heavy (non-hydrogen) atoms. The minimum absolute atomic E-state index is 0. The summed E-state index contributed by atoms with van der Waals surface area (Å²) < 4.78 is 0.973. The smallest absolute Gasteiger partial charge is 0.251 e. The Bertz CT molecular complexity index is 530. The standard InChI is InChI=1S/C17H25BrN4O.HI/c1-2-19-17(22-12-3-4-13-22)21-11-5-10-20-16(23)14-6-8-15(18)9-7-14;/h6-9H,2-5,10-13H2,1H3,(H,19,21)(H,20,23);1H. The van der Waals surface area contributed by atoms with Crippen LogP contribution in [-0.4, -0.2) is 49.5 Å². The van der Waals surface area contributed by atoms with Gasteiger partial charge >= 0.3 is 0 Å². The maximum Gasteiger partial charge on any atom is 0.251 e. The van der Waals surface area contributed by atoms with E-state index in [1.165, 1.54) is 12.8 Å². The zero-order valence-corrected chi connectivity index (χ0v) is 18.0. The Kier molecular flexibility index (Phi) is 10.3. The first-order valence-corrected chi connectivity index (χ1v) is 9.07. The molecule has 0 aliphatic carbocycles. The summed E-state index contributed by atoms with van der Waals surface area (Å²) >= 11 is 3.37. The molecule has 1 heterocycles. The van der Waals surface area contributed by atoms with E-state index in [4.69, 9.17) is 0 Å². The van der Waals surface area contributed by atoms with Crippen molar-refractivity contribution in [2.24, 2.45) is 4.99 Å². The van der Waals surface area contributed by atoms with Crippen molar-refractivity contribution in [2.45, 2.75) is 26.2 Å². The number of hydrogen-bond acceptors (Lipinski definition) is 2. The van der Waals surface area contributed by atoms with Crippen molar-refractivity contribution in [2.75, 3.05) is 32.7 Å². The van der Waals surface area contributed by atoms with Crippen LogP contribution in [0.4, 0.5) is 0 Å². The summed E-state index contributed by atoms with van der Waals surface area (Å²) in [6.45, 7) is 6.51. The van der Waals surface area contributed by atoms with Gasteiger partial charge in [0.25, 0.3) is 5.91 Å². The van der Waals surface area contributed by atoms with E-state index < -0.39 is 0 Å². The lowest BCUT2D eigenvalue weighted by Crippen LogP contribution is -2.39. The molecule has 0 atom stereocenters. The lowest BCUT2D eigenvalue weighted by Gasteiger charge is -2.20. The van der Waals surface area contributed by atoms with Gasteiger partial charge in [-0.25, -0.2) is 0 Å². The van der Waals surface area contributed by atoms with Gasteiger partial charge in [0.1, 0.15) is 0 Å². The maximum atomic E-state index is 12.0. The predicted molar refractivity (Wildman–Crippen MR) is 113 cm³/mol. The lowest BCUT2D eigenvalue weighted by atomic mass is 10.2. The largest absolute Gasteiger partial charge is 0.357 e. The molecule has 1 aromatic rings.